The lowest BCUT2D eigenvalue weighted by Crippen LogP contribution is -2.21. The molecule has 1 aromatic rings. The highest BCUT2D eigenvalue weighted by Gasteiger charge is 2.15. The average molecular weight is 193 g/mol. The quantitative estimate of drug-likeness (QED) is 0.722. The van der Waals surface area contributed by atoms with E-state index in [-0.39, 0.29) is 12.4 Å². The first-order chi connectivity index (χ1) is 6.83. The van der Waals surface area contributed by atoms with Gasteiger partial charge in [0.1, 0.15) is 5.82 Å². The number of hydrogen-bond donors (Lipinski definition) is 1. The lowest BCUT2D eigenvalue weighted by atomic mass is 10.1. The fourth-order valence-electron chi connectivity index (χ4n) is 1.70. The third-order valence-electron chi connectivity index (χ3n) is 2.38. The standard InChI is InChI=1S/C11H12FNO/c12-10-5-3-4-9(8-14)11(10)13-6-1-2-7-13/h1-5,14H,6-8H2. The Labute approximate surface area is 82.3 Å². The number of halogens is 1. The SMILES string of the molecule is OCc1cccc(F)c1N1CC=CC1. The molecule has 0 amide bonds. The number of rotatable bonds is 2. The molecule has 0 bridgehead atoms. The smallest absolute Gasteiger partial charge is 0.146 e. The summed E-state index contributed by atoms with van der Waals surface area (Å²) >= 11 is 0. The highest BCUT2D eigenvalue weighted by atomic mass is 19.1. The Kier molecular flexibility index (Phi) is 2.50. The van der Waals surface area contributed by atoms with Crippen LogP contribution in [0.1, 0.15) is 5.56 Å². The van der Waals surface area contributed by atoms with Gasteiger partial charge in [0.25, 0.3) is 0 Å². The maximum atomic E-state index is 13.5. The number of hydrogen-bond acceptors (Lipinski definition) is 2. The summed E-state index contributed by atoms with van der Waals surface area (Å²) in [6.07, 6.45) is 3.99. The van der Waals surface area contributed by atoms with Crippen molar-refractivity contribution in [3.05, 3.63) is 41.7 Å². The topological polar surface area (TPSA) is 23.5 Å². The van der Waals surface area contributed by atoms with Crippen molar-refractivity contribution in [2.24, 2.45) is 0 Å². The van der Waals surface area contributed by atoms with Crippen LogP contribution in [0.25, 0.3) is 0 Å². The molecule has 2 nitrogen and oxygen atoms in total. The van der Waals surface area contributed by atoms with Gasteiger partial charge in [0.2, 0.25) is 0 Å². The Bertz CT molecular complexity index is 354. The summed E-state index contributed by atoms with van der Waals surface area (Å²) in [7, 11) is 0. The van der Waals surface area contributed by atoms with E-state index in [9.17, 15) is 4.39 Å². The first-order valence-electron chi connectivity index (χ1n) is 4.61. The third kappa shape index (κ3) is 1.51. The molecule has 1 heterocycles. The predicted molar refractivity (Wildman–Crippen MR) is 53.7 cm³/mol. The molecule has 14 heavy (non-hydrogen) atoms. The summed E-state index contributed by atoms with van der Waals surface area (Å²) in [6.45, 7) is 1.31. The molecule has 0 saturated carbocycles. The van der Waals surface area contributed by atoms with E-state index in [1.165, 1.54) is 6.07 Å². The Morgan fingerprint density at radius 2 is 2.00 bits per heavy atom. The van der Waals surface area contributed by atoms with Gasteiger partial charge in [-0.05, 0) is 6.07 Å². The van der Waals surface area contributed by atoms with Gasteiger partial charge < -0.3 is 10.0 Å². The van der Waals surface area contributed by atoms with E-state index in [0.29, 0.717) is 24.3 Å². The summed E-state index contributed by atoms with van der Waals surface area (Å²) in [6, 6.07) is 4.79. The van der Waals surface area contributed by atoms with E-state index in [2.05, 4.69) is 0 Å². The first-order valence-corrected chi connectivity index (χ1v) is 4.61. The summed E-state index contributed by atoms with van der Waals surface area (Å²) in [5, 5.41) is 9.09. The fourth-order valence-corrected chi connectivity index (χ4v) is 1.70. The van der Waals surface area contributed by atoms with Crippen LogP contribution in [-0.4, -0.2) is 18.2 Å². The molecule has 0 spiro atoms. The Morgan fingerprint density at radius 3 is 2.64 bits per heavy atom. The summed E-state index contributed by atoms with van der Waals surface area (Å²) in [5.74, 6) is -0.264. The second-order valence-electron chi connectivity index (χ2n) is 3.28. The highest BCUT2D eigenvalue weighted by molar-refractivity contribution is 5.56. The van der Waals surface area contributed by atoms with Gasteiger partial charge in [0.15, 0.2) is 0 Å². The molecule has 0 aliphatic carbocycles. The van der Waals surface area contributed by atoms with E-state index < -0.39 is 0 Å². The molecule has 0 aromatic heterocycles. The highest BCUT2D eigenvalue weighted by Crippen LogP contribution is 2.25. The van der Waals surface area contributed by atoms with Crippen LogP contribution in [0, 0.1) is 5.82 Å². The molecule has 1 aromatic carbocycles. The van der Waals surface area contributed by atoms with Crippen molar-refractivity contribution in [2.45, 2.75) is 6.61 Å². The van der Waals surface area contributed by atoms with Crippen LogP contribution in [-0.2, 0) is 6.61 Å². The molecule has 0 fully saturated rings. The first kappa shape index (κ1) is 9.21. The van der Waals surface area contributed by atoms with Gasteiger partial charge in [0, 0.05) is 18.7 Å². The van der Waals surface area contributed by atoms with Crippen LogP contribution < -0.4 is 4.90 Å². The second-order valence-corrected chi connectivity index (χ2v) is 3.28. The molecular formula is C11H12FNO. The van der Waals surface area contributed by atoms with Crippen LogP contribution in [0.4, 0.5) is 10.1 Å². The molecular weight excluding hydrogens is 181 g/mol. The minimum atomic E-state index is -0.264. The fraction of sp³-hybridized carbons (Fsp3) is 0.273. The minimum Gasteiger partial charge on any atom is -0.392 e. The van der Waals surface area contributed by atoms with Crippen molar-refractivity contribution in [1.29, 1.82) is 0 Å². The molecule has 1 aliphatic rings. The van der Waals surface area contributed by atoms with Crippen LogP contribution in [0.3, 0.4) is 0 Å². The lowest BCUT2D eigenvalue weighted by molar-refractivity contribution is 0.281. The van der Waals surface area contributed by atoms with Crippen LogP contribution in [0.15, 0.2) is 30.4 Å². The van der Waals surface area contributed by atoms with Gasteiger partial charge >= 0.3 is 0 Å². The number of para-hydroxylation sites is 1. The molecule has 1 aliphatic heterocycles. The Balaban J connectivity index is 2.38. The van der Waals surface area contributed by atoms with Crippen LogP contribution >= 0.6 is 0 Å². The van der Waals surface area contributed by atoms with Gasteiger partial charge in [-0.1, -0.05) is 24.3 Å². The number of aliphatic hydroxyl groups is 1. The van der Waals surface area contributed by atoms with Crippen molar-refractivity contribution in [2.75, 3.05) is 18.0 Å². The number of anilines is 1. The molecule has 1 N–H and O–H groups in total. The Hall–Kier alpha value is -1.35. The van der Waals surface area contributed by atoms with Gasteiger partial charge in [-0.2, -0.15) is 0 Å². The zero-order valence-electron chi connectivity index (χ0n) is 7.78. The molecule has 0 unspecified atom stereocenters. The minimum absolute atomic E-state index is 0.121. The van der Waals surface area contributed by atoms with Gasteiger partial charge in [-0.3, -0.25) is 0 Å². The Morgan fingerprint density at radius 1 is 1.29 bits per heavy atom. The maximum Gasteiger partial charge on any atom is 0.146 e. The monoisotopic (exact) mass is 193 g/mol. The average Bonchev–Trinajstić information content (AvgIpc) is 2.70. The molecule has 0 radical (unpaired) electrons. The van der Waals surface area contributed by atoms with Crippen molar-refractivity contribution < 1.29 is 9.50 Å². The van der Waals surface area contributed by atoms with E-state index in [4.69, 9.17) is 5.11 Å². The van der Waals surface area contributed by atoms with Crippen molar-refractivity contribution >= 4 is 5.69 Å². The number of benzene rings is 1. The molecule has 74 valence electrons. The number of nitrogens with zero attached hydrogens (tertiary/aromatic N) is 1. The molecule has 0 atom stereocenters. The van der Waals surface area contributed by atoms with Gasteiger partial charge in [-0.25, -0.2) is 4.39 Å². The van der Waals surface area contributed by atoms with Crippen molar-refractivity contribution in [3.63, 3.8) is 0 Å². The van der Waals surface area contributed by atoms with Crippen molar-refractivity contribution in [1.82, 2.24) is 0 Å². The lowest BCUT2D eigenvalue weighted by Gasteiger charge is -2.21. The molecule has 3 heteroatoms. The largest absolute Gasteiger partial charge is 0.392 e. The zero-order chi connectivity index (χ0) is 9.97. The van der Waals surface area contributed by atoms with Crippen molar-refractivity contribution in [3.8, 4) is 0 Å². The second kappa shape index (κ2) is 3.80. The van der Waals surface area contributed by atoms with Crippen LogP contribution in [0.2, 0.25) is 0 Å². The normalized spacial score (nSPS) is 15.1. The summed E-state index contributed by atoms with van der Waals surface area (Å²) in [4.78, 5) is 1.90. The van der Waals surface area contributed by atoms with Gasteiger partial charge in [0.05, 0.1) is 12.3 Å². The maximum absolute atomic E-state index is 13.5. The van der Waals surface area contributed by atoms with E-state index >= 15 is 0 Å². The zero-order valence-corrected chi connectivity index (χ0v) is 7.78. The van der Waals surface area contributed by atoms with E-state index in [1.807, 2.05) is 17.1 Å². The van der Waals surface area contributed by atoms with Crippen LogP contribution in [0.5, 0.6) is 0 Å². The van der Waals surface area contributed by atoms with Gasteiger partial charge in [-0.15, -0.1) is 0 Å². The molecule has 2 rings (SSSR count). The summed E-state index contributed by atoms with van der Waals surface area (Å²) in [5.41, 5.74) is 1.17. The van der Waals surface area contributed by atoms with E-state index in [0.717, 1.165) is 0 Å². The molecule has 0 saturated heterocycles. The predicted octanol–water partition coefficient (Wildman–Crippen LogP) is 1.69. The summed E-state index contributed by atoms with van der Waals surface area (Å²) < 4.78 is 13.5. The number of aliphatic hydroxyl groups excluding tert-OH is 1. The third-order valence-corrected chi connectivity index (χ3v) is 2.38. The van der Waals surface area contributed by atoms with E-state index in [1.54, 1.807) is 12.1 Å².